The molecular formula is C9H8Cl2O2. The number of hydrogen-bond acceptors (Lipinski definition) is 2. The Morgan fingerprint density at radius 1 is 1.54 bits per heavy atom. The number of benzene rings is 1. The predicted molar refractivity (Wildman–Crippen MR) is 52.3 cm³/mol. The second-order valence-corrected chi connectivity index (χ2v) is 3.07. The van der Waals surface area contributed by atoms with Crippen LogP contribution < -0.4 is 0 Å². The normalized spacial score (nSPS) is 9.77. The Morgan fingerprint density at radius 3 is 2.77 bits per heavy atom. The van der Waals surface area contributed by atoms with Crippen LogP contribution in [0.1, 0.15) is 15.9 Å². The summed E-state index contributed by atoms with van der Waals surface area (Å²) in [5, 5.41) is 0.366. The molecule has 0 aromatic heterocycles. The maximum atomic E-state index is 11.2. The molecule has 0 aliphatic rings. The third-order valence-corrected chi connectivity index (χ3v) is 2.24. The van der Waals surface area contributed by atoms with Crippen LogP contribution in [0.5, 0.6) is 0 Å². The molecule has 0 amide bonds. The number of rotatable bonds is 2. The van der Waals surface area contributed by atoms with Crippen LogP contribution in [0.2, 0.25) is 5.02 Å². The highest BCUT2D eigenvalue weighted by molar-refractivity contribution is 6.34. The zero-order valence-electron chi connectivity index (χ0n) is 7.01. The van der Waals surface area contributed by atoms with Crippen LogP contribution in [0.25, 0.3) is 0 Å². The number of carbonyl (C=O) groups is 1. The lowest BCUT2D eigenvalue weighted by Gasteiger charge is -2.06. The molecule has 4 heteroatoms. The molecule has 1 aromatic carbocycles. The van der Waals surface area contributed by atoms with Crippen molar-refractivity contribution < 1.29 is 9.53 Å². The van der Waals surface area contributed by atoms with Crippen molar-refractivity contribution in [3.63, 3.8) is 0 Å². The Kier molecular flexibility index (Phi) is 3.58. The van der Waals surface area contributed by atoms with E-state index in [0.29, 0.717) is 16.1 Å². The number of esters is 1. The van der Waals surface area contributed by atoms with Gasteiger partial charge in [0, 0.05) is 5.88 Å². The number of methoxy groups -OCH3 is 1. The van der Waals surface area contributed by atoms with Gasteiger partial charge < -0.3 is 4.74 Å². The lowest BCUT2D eigenvalue weighted by atomic mass is 10.1. The van der Waals surface area contributed by atoms with Gasteiger partial charge in [0.25, 0.3) is 0 Å². The van der Waals surface area contributed by atoms with Crippen molar-refractivity contribution in [2.24, 2.45) is 0 Å². The maximum absolute atomic E-state index is 11.2. The lowest BCUT2D eigenvalue weighted by molar-refractivity contribution is 0.0600. The summed E-state index contributed by atoms with van der Waals surface area (Å²) in [6.07, 6.45) is 0. The van der Waals surface area contributed by atoms with E-state index in [2.05, 4.69) is 4.74 Å². The van der Waals surface area contributed by atoms with Crippen molar-refractivity contribution in [3.05, 3.63) is 34.3 Å². The fraction of sp³-hybridized carbons (Fsp3) is 0.222. The monoisotopic (exact) mass is 218 g/mol. The molecule has 1 aromatic rings. The van der Waals surface area contributed by atoms with Gasteiger partial charge in [-0.3, -0.25) is 0 Å². The first-order chi connectivity index (χ1) is 6.20. The zero-order chi connectivity index (χ0) is 9.84. The maximum Gasteiger partial charge on any atom is 0.339 e. The van der Waals surface area contributed by atoms with Crippen molar-refractivity contribution in [3.8, 4) is 0 Å². The summed E-state index contributed by atoms with van der Waals surface area (Å²) in [4.78, 5) is 11.2. The molecule has 0 saturated heterocycles. The molecule has 0 bridgehead atoms. The van der Waals surface area contributed by atoms with Crippen LogP contribution in [0.3, 0.4) is 0 Å². The quantitative estimate of drug-likeness (QED) is 0.564. The SMILES string of the molecule is COC(=O)c1c(Cl)cccc1CCl. The highest BCUT2D eigenvalue weighted by Crippen LogP contribution is 2.22. The largest absolute Gasteiger partial charge is 0.465 e. The van der Waals surface area contributed by atoms with Gasteiger partial charge in [-0.15, -0.1) is 11.6 Å². The predicted octanol–water partition coefficient (Wildman–Crippen LogP) is 2.87. The highest BCUT2D eigenvalue weighted by Gasteiger charge is 2.14. The van der Waals surface area contributed by atoms with E-state index in [0.717, 1.165) is 0 Å². The Labute approximate surface area is 86.4 Å². The fourth-order valence-corrected chi connectivity index (χ4v) is 1.50. The van der Waals surface area contributed by atoms with E-state index in [4.69, 9.17) is 23.2 Å². The van der Waals surface area contributed by atoms with E-state index in [9.17, 15) is 4.79 Å². The molecule has 0 aliphatic heterocycles. The molecule has 0 N–H and O–H groups in total. The Hall–Kier alpha value is -0.730. The third kappa shape index (κ3) is 2.14. The Bertz CT molecular complexity index is 323. The minimum absolute atomic E-state index is 0.241. The third-order valence-electron chi connectivity index (χ3n) is 1.63. The number of halogens is 2. The fourth-order valence-electron chi connectivity index (χ4n) is 1.01. The molecule has 0 saturated carbocycles. The van der Waals surface area contributed by atoms with Gasteiger partial charge in [0.2, 0.25) is 0 Å². The molecule has 70 valence electrons. The van der Waals surface area contributed by atoms with E-state index in [1.807, 2.05) is 0 Å². The van der Waals surface area contributed by atoms with Crippen molar-refractivity contribution in [2.75, 3.05) is 7.11 Å². The average molecular weight is 219 g/mol. The van der Waals surface area contributed by atoms with Gasteiger partial charge in [0.15, 0.2) is 0 Å². The van der Waals surface area contributed by atoms with Crippen molar-refractivity contribution >= 4 is 29.2 Å². The molecule has 0 fully saturated rings. The number of ether oxygens (including phenoxy) is 1. The molecule has 2 nitrogen and oxygen atoms in total. The van der Waals surface area contributed by atoms with E-state index in [1.165, 1.54) is 7.11 Å². The van der Waals surface area contributed by atoms with Crippen molar-refractivity contribution in [2.45, 2.75) is 5.88 Å². The van der Waals surface area contributed by atoms with E-state index >= 15 is 0 Å². The molecule has 0 atom stereocenters. The summed E-state index contributed by atoms with van der Waals surface area (Å²) < 4.78 is 4.58. The summed E-state index contributed by atoms with van der Waals surface area (Å²) in [6, 6.07) is 5.11. The molecule has 1 rings (SSSR count). The first kappa shape index (κ1) is 10.4. The standard InChI is InChI=1S/C9H8Cl2O2/c1-13-9(12)8-6(5-10)3-2-4-7(8)11/h2-4H,5H2,1H3. The summed E-state index contributed by atoms with van der Waals surface area (Å²) in [6.45, 7) is 0. The topological polar surface area (TPSA) is 26.3 Å². The van der Waals surface area contributed by atoms with Gasteiger partial charge in [0.05, 0.1) is 17.7 Å². The summed E-state index contributed by atoms with van der Waals surface area (Å²) in [5.41, 5.74) is 1.03. The van der Waals surface area contributed by atoms with Gasteiger partial charge in [-0.05, 0) is 11.6 Å². The number of alkyl halides is 1. The van der Waals surface area contributed by atoms with Gasteiger partial charge in [-0.25, -0.2) is 4.79 Å². The number of hydrogen-bond donors (Lipinski definition) is 0. The summed E-state index contributed by atoms with van der Waals surface area (Å²) >= 11 is 11.5. The highest BCUT2D eigenvalue weighted by atomic mass is 35.5. The van der Waals surface area contributed by atoms with Gasteiger partial charge in [0.1, 0.15) is 0 Å². The first-order valence-electron chi connectivity index (χ1n) is 3.62. The van der Waals surface area contributed by atoms with E-state index in [1.54, 1.807) is 18.2 Å². The van der Waals surface area contributed by atoms with Crippen LogP contribution in [-0.2, 0) is 10.6 Å². The average Bonchev–Trinajstić information content (AvgIpc) is 2.16. The molecule has 0 aliphatic carbocycles. The molecule has 0 heterocycles. The molecule has 0 radical (unpaired) electrons. The Morgan fingerprint density at radius 2 is 2.23 bits per heavy atom. The molecule has 13 heavy (non-hydrogen) atoms. The van der Waals surface area contributed by atoms with E-state index in [-0.39, 0.29) is 5.88 Å². The Balaban J connectivity index is 3.22. The van der Waals surface area contributed by atoms with Crippen molar-refractivity contribution in [1.29, 1.82) is 0 Å². The summed E-state index contributed by atoms with van der Waals surface area (Å²) in [7, 11) is 1.31. The van der Waals surface area contributed by atoms with Crippen LogP contribution in [0.15, 0.2) is 18.2 Å². The van der Waals surface area contributed by atoms with Crippen LogP contribution in [0, 0.1) is 0 Å². The summed E-state index contributed by atoms with van der Waals surface area (Å²) in [5.74, 6) is -0.216. The number of carbonyl (C=O) groups excluding carboxylic acids is 1. The van der Waals surface area contributed by atoms with E-state index < -0.39 is 5.97 Å². The van der Waals surface area contributed by atoms with Gasteiger partial charge in [-0.1, -0.05) is 23.7 Å². The van der Waals surface area contributed by atoms with Crippen LogP contribution in [-0.4, -0.2) is 13.1 Å². The van der Waals surface area contributed by atoms with Crippen LogP contribution >= 0.6 is 23.2 Å². The second-order valence-electron chi connectivity index (χ2n) is 2.40. The van der Waals surface area contributed by atoms with Crippen molar-refractivity contribution in [1.82, 2.24) is 0 Å². The smallest absolute Gasteiger partial charge is 0.339 e. The van der Waals surface area contributed by atoms with Crippen LogP contribution in [0.4, 0.5) is 0 Å². The van der Waals surface area contributed by atoms with Gasteiger partial charge in [-0.2, -0.15) is 0 Å². The first-order valence-corrected chi connectivity index (χ1v) is 4.53. The molecule has 0 unspecified atom stereocenters. The van der Waals surface area contributed by atoms with Gasteiger partial charge >= 0.3 is 5.97 Å². The second kappa shape index (κ2) is 4.49. The lowest BCUT2D eigenvalue weighted by Crippen LogP contribution is -2.05. The zero-order valence-corrected chi connectivity index (χ0v) is 8.52. The molecular weight excluding hydrogens is 211 g/mol. The molecule has 0 spiro atoms. The minimum Gasteiger partial charge on any atom is -0.465 e. The minimum atomic E-state index is -0.457.